The summed E-state index contributed by atoms with van der Waals surface area (Å²) in [5.41, 5.74) is 1.86. The lowest BCUT2D eigenvalue weighted by Gasteiger charge is -2.14. The van der Waals surface area contributed by atoms with Crippen LogP contribution in [0.15, 0.2) is 18.2 Å². The van der Waals surface area contributed by atoms with Gasteiger partial charge in [0.05, 0.1) is 12.8 Å². The molecule has 1 N–H and O–H groups in total. The van der Waals surface area contributed by atoms with Crippen LogP contribution in [0.2, 0.25) is 0 Å². The number of carbonyl (C=O) groups is 1. The number of rotatable bonds is 8. The molecule has 0 aliphatic heterocycles. The third kappa shape index (κ3) is 5.80. The van der Waals surface area contributed by atoms with Gasteiger partial charge in [-0.1, -0.05) is 6.07 Å². The van der Waals surface area contributed by atoms with E-state index in [0.29, 0.717) is 18.1 Å². The molecule has 0 saturated heterocycles. The van der Waals surface area contributed by atoms with Crippen molar-refractivity contribution in [1.82, 2.24) is 4.90 Å². The van der Waals surface area contributed by atoms with Crippen molar-refractivity contribution in [1.29, 1.82) is 0 Å². The van der Waals surface area contributed by atoms with Gasteiger partial charge in [0, 0.05) is 18.8 Å². The smallest absolute Gasteiger partial charge is 0.224 e. The van der Waals surface area contributed by atoms with Crippen LogP contribution in [0.4, 0.5) is 5.69 Å². The van der Waals surface area contributed by atoms with Crippen LogP contribution >= 0.6 is 11.6 Å². The highest BCUT2D eigenvalue weighted by Gasteiger charge is 2.09. The van der Waals surface area contributed by atoms with E-state index in [0.717, 1.165) is 30.6 Å². The largest absolute Gasteiger partial charge is 0.495 e. The topological polar surface area (TPSA) is 41.6 Å². The van der Waals surface area contributed by atoms with Crippen LogP contribution in [0.5, 0.6) is 5.75 Å². The van der Waals surface area contributed by atoms with Crippen LogP contribution in [0, 0.1) is 0 Å². The summed E-state index contributed by atoms with van der Waals surface area (Å²) in [7, 11) is 5.62. The van der Waals surface area contributed by atoms with Crippen LogP contribution in [0.1, 0.15) is 24.8 Å². The van der Waals surface area contributed by atoms with Gasteiger partial charge in [-0.3, -0.25) is 4.79 Å². The van der Waals surface area contributed by atoms with E-state index in [1.807, 2.05) is 32.3 Å². The molecular weight excluding hydrogens is 276 g/mol. The van der Waals surface area contributed by atoms with E-state index in [9.17, 15) is 4.79 Å². The molecule has 1 amide bonds. The molecule has 0 aliphatic carbocycles. The molecule has 1 aromatic carbocycles. The Bertz CT molecular complexity index is 436. The van der Waals surface area contributed by atoms with E-state index >= 15 is 0 Å². The molecule has 0 fully saturated rings. The van der Waals surface area contributed by atoms with Crippen LogP contribution in [-0.2, 0) is 11.3 Å². The predicted octanol–water partition coefficient (Wildman–Crippen LogP) is 3.10. The number of halogens is 1. The van der Waals surface area contributed by atoms with E-state index in [2.05, 4.69) is 10.2 Å². The molecule has 0 aromatic heterocycles. The third-order valence-corrected chi connectivity index (χ3v) is 3.09. The zero-order valence-electron chi connectivity index (χ0n) is 12.4. The molecule has 1 aromatic rings. The Balaban J connectivity index is 2.72. The molecule has 5 heteroatoms. The van der Waals surface area contributed by atoms with Crippen molar-refractivity contribution in [2.45, 2.75) is 25.8 Å². The van der Waals surface area contributed by atoms with Gasteiger partial charge in [-0.15, -0.1) is 11.6 Å². The van der Waals surface area contributed by atoms with Crippen LogP contribution in [-0.4, -0.2) is 37.9 Å². The highest BCUT2D eigenvalue weighted by Crippen LogP contribution is 2.26. The Morgan fingerprint density at radius 3 is 2.70 bits per heavy atom. The number of nitrogens with zero attached hydrogens (tertiary/aromatic N) is 1. The number of nitrogens with one attached hydrogen (secondary N) is 1. The molecule has 0 heterocycles. The monoisotopic (exact) mass is 298 g/mol. The van der Waals surface area contributed by atoms with E-state index in [1.165, 1.54) is 0 Å². The van der Waals surface area contributed by atoms with Crippen molar-refractivity contribution < 1.29 is 9.53 Å². The number of carbonyl (C=O) groups excluding carboxylic acids is 1. The zero-order chi connectivity index (χ0) is 15.0. The maximum atomic E-state index is 11.9. The molecule has 0 aliphatic rings. The van der Waals surface area contributed by atoms with Gasteiger partial charge in [-0.2, -0.15) is 0 Å². The Labute approximate surface area is 126 Å². The number of ether oxygens (including phenoxy) is 1. The van der Waals surface area contributed by atoms with Crippen molar-refractivity contribution >= 4 is 23.2 Å². The molecule has 4 nitrogen and oxygen atoms in total. The number of amides is 1. The molecule has 0 atom stereocenters. The minimum atomic E-state index is -0.00424. The Kier molecular flexibility index (Phi) is 7.41. The number of unbranched alkanes of at least 4 members (excludes halogenated alkanes) is 1. The van der Waals surface area contributed by atoms with Crippen molar-refractivity contribution in [2.24, 2.45) is 0 Å². The fourth-order valence-corrected chi connectivity index (χ4v) is 2.10. The van der Waals surface area contributed by atoms with Crippen molar-refractivity contribution in [3.8, 4) is 5.75 Å². The second-order valence-corrected chi connectivity index (χ2v) is 5.34. The van der Waals surface area contributed by atoms with Gasteiger partial charge in [0.15, 0.2) is 0 Å². The predicted molar refractivity (Wildman–Crippen MR) is 83.6 cm³/mol. The number of hydrogen-bond acceptors (Lipinski definition) is 3. The van der Waals surface area contributed by atoms with Crippen LogP contribution < -0.4 is 10.1 Å². The summed E-state index contributed by atoms with van der Waals surface area (Å²) in [5, 5.41) is 2.91. The number of alkyl halides is 1. The summed E-state index contributed by atoms with van der Waals surface area (Å²) in [4.78, 5) is 13.9. The summed E-state index contributed by atoms with van der Waals surface area (Å²) in [5.74, 6) is 1.27. The first-order valence-corrected chi connectivity index (χ1v) is 7.27. The Morgan fingerprint density at radius 2 is 2.10 bits per heavy atom. The molecule has 0 bridgehead atoms. The fourth-order valence-electron chi connectivity index (χ4n) is 1.91. The van der Waals surface area contributed by atoms with Crippen molar-refractivity contribution in [3.63, 3.8) is 0 Å². The lowest BCUT2D eigenvalue weighted by atomic mass is 10.1. The van der Waals surface area contributed by atoms with E-state index < -0.39 is 0 Å². The third-order valence-electron chi connectivity index (χ3n) is 2.82. The number of methoxy groups -OCH3 is 1. The van der Waals surface area contributed by atoms with Gasteiger partial charge in [0.1, 0.15) is 5.75 Å². The maximum absolute atomic E-state index is 11.9. The lowest BCUT2D eigenvalue weighted by Crippen LogP contribution is -2.14. The molecule has 112 valence electrons. The van der Waals surface area contributed by atoms with Crippen molar-refractivity contribution in [2.75, 3.05) is 32.4 Å². The van der Waals surface area contributed by atoms with E-state index in [1.54, 1.807) is 7.11 Å². The molecular formula is C15H23ClN2O2. The van der Waals surface area contributed by atoms with Gasteiger partial charge in [-0.05, 0) is 44.6 Å². The second-order valence-electron chi connectivity index (χ2n) is 4.97. The highest BCUT2D eigenvalue weighted by atomic mass is 35.5. The number of benzene rings is 1. The van der Waals surface area contributed by atoms with Crippen LogP contribution in [0.25, 0.3) is 0 Å². The Morgan fingerprint density at radius 1 is 1.35 bits per heavy atom. The van der Waals surface area contributed by atoms with Crippen LogP contribution in [0.3, 0.4) is 0 Å². The first-order valence-electron chi connectivity index (χ1n) is 6.74. The van der Waals surface area contributed by atoms with Gasteiger partial charge in [0.25, 0.3) is 0 Å². The standard InChI is InChI=1S/C15H23ClN2O2/c1-18(2)11-12-7-8-14(20-3)13(10-12)17-15(19)6-4-5-9-16/h7-8,10H,4-6,9,11H2,1-3H3,(H,17,19). The molecule has 0 saturated carbocycles. The zero-order valence-corrected chi connectivity index (χ0v) is 13.2. The van der Waals surface area contributed by atoms with Gasteiger partial charge >= 0.3 is 0 Å². The SMILES string of the molecule is COc1ccc(CN(C)C)cc1NC(=O)CCCCCl. The maximum Gasteiger partial charge on any atom is 0.224 e. The summed E-state index contributed by atoms with van der Waals surface area (Å²) < 4.78 is 5.28. The van der Waals surface area contributed by atoms with Gasteiger partial charge in [0.2, 0.25) is 5.91 Å². The first kappa shape index (κ1) is 16.8. The van der Waals surface area contributed by atoms with Gasteiger partial charge in [-0.25, -0.2) is 0 Å². The summed E-state index contributed by atoms with van der Waals surface area (Å²) >= 11 is 5.61. The van der Waals surface area contributed by atoms with Gasteiger partial charge < -0.3 is 15.0 Å². The highest BCUT2D eigenvalue weighted by molar-refractivity contribution is 6.17. The first-order chi connectivity index (χ1) is 9.56. The average Bonchev–Trinajstić information content (AvgIpc) is 2.38. The molecule has 0 spiro atoms. The van der Waals surface area contributed by atoms with E-state index in [-0.39, 0.29) is 5.91 Å². The average molecular weight is 299 g/mol. The fraction of sp³-hybridized carbons (Fsp3) is 0.533. The molecule has 20 heavy (non-hydrogen) atoms. The summed E-state index contributed by atoms with van der Waals surface area (Å²) in [6.07, 6.45) is 2.13. The minimum absolute atomic E-state index is 0.00424. The second kappa shape index (κ2) is 8.82. The van der Waals surface area contributed by atoms with E-state index in [4.69, 9.17) is 16.3 Å². The number of anilines is 1. The normalized spacial score (nSPS) is 10.7. The van der Waals surface area contributed by atoms with Crippen molar-refractivity contribution in [3.05, 3.63) is 23.8 Å². The molecule has 1 rings (SSSR count). The lowest BCUT2D eigenvalue weighted by molar-refractivity contribution is -0.116. The summed E-state index contributed by atoms with van der Waals surface area (Å²) in [6.45, 7) is 0.819. The Hall–Kier alpha value is -1.26. The molecule has 0 radical (unpaired) electrons. The summed E-state index contributed by atoms with van der Waals surface area (Å²) in [6, 6.07) is 5.84. The minimum Gasteiger partial charge on any atom is -0.495 e. The number of hydrogen-bond donors (Lipinski definition) is 1. The quantitative estimate of drug-likeness (QED) is 0.592. The molecule has 0 unspecified atom stereocenters.